The molecule has 4 heteroatoms. The molecule has 124 valence electrons. The Labute approximate surface area is 140 Å². The van der Waals surface area contributed by atoms with E-state index in [4.69, 9.17) is 0 Å². The van der Waals surface area contributed by atoms with Crippen molar-refractivity contribution in [2.45, 2.75) is 51.5 Å². The Kier molecular flexibility index (Phi) is 9.17. The van der Waals surface area contributed by atoms with Gasteiger partial charge in [-0.1, -0.05) is 37.3 Å². The predicted octanol–water partition coefficient (Wildman–Crippen LogP) is 3.42. The molecule has 1 aromatic carbocycles. The minimum Gasteiger partial charge on any atom is -0.340 e. The Hall–Kier alpha value is -1.06. The Bertz CT molecular complexity index is 418. The van der Waals surface area contributed by atoms with Gasteiger partial charge in [0, 0.05) is 19.0 Å². The Balaban J connectivity index is 0.00000242. The summed E-state index contributed by atoms with van der Waals surface area (Å²) >= 11 is 0. The first-order chi connectivity index (χ1) is 10.3. The van der Waals surface area contributed by atoms with Crippen molar-refractivity contribution in [1.29, 1.82) is 0 Å². The maximum absolute atomic E-state index is 12.5. The van der Waals surface area contributed by atoms with Crippen LogP contribution in [0.4, 0.5) is 0 Å². The summed E-state index contributed by atoms with van der Waals surface area (Å²) in [6, 6.07) is 10.9. The van der Waals surface area contributed by atoms with Crippen molar-refractivity contribution in [3.63, 3.8) is 0 Å². The topological polar surface area (TPSA) is 32.3 Å². The highest BCUT2D eigenvalue weighted by molar-refractivity contribution is 5.85. The van der Waals surface area contributed by atoms with E-state index in [0.717, 1.165) is 51.7 Å². The Morgan fingerprint density at radius 1 is 1.23 bits per heavy atom. The number of rotatable bonds is 7. The first kappa shape index (κ1) is 19.0. The van der Waals surface area contributed by atoms with E-state index >= 15 is 0 Å². The van der Waals surface area contributed by atoms with E-state index in [1.54, 1.807) is 0 Å². The molecule has 0 aliphatic carbocycles. The fourth-order valence-electron chi connectivity index (χ4n) is 3.10. The number of carbonyl (C=O) groups excluding carboxylic acids is 1. The predicted molar refractivity (Wildman–Crippen MR) is 94.5 cm³/mol. The maximum atomic E-state index is 12.5. The number of benzene rings is 1. The van der Waals surface area contributed by atoms with Crippen molar-refractivity contribution in [2.75, 3.05) is 19.6 Å². The van der Waals surface area contributed by atoms with Crippen molar-refractivity contribution in [2.24, 2.45) is 0 Å². The number of nitrogens with one attached hydrogen (secondary N) is 1. The first-order valence-corrected chi connectivity index (χ1v) is 8.35. The van der Waals surface area contributed by atoms with Crippen LogP contribution >= 0.6 is 12.4 Å². The number of nitrogens with zero attached hydrogens (tertiary/aromatic N) is 1. The number of halogens is 1. The zero-order valence-electron chi connectivity index (χ0n) is 13.6. The second kappa shape index (κ2) is 10.6. The molecule has 1 fully saturated rings. The molecule has 0 atom stereocenters. The van der Waals surface area contributed by atoms with Crippen LogP contribution in [-0.4, -0.2) is 36.5 Å². The highest BCUT2D eigenvalue weighted by Crippen LogP contribution is 2.15. The summed E-state index contributed by atoms with van der Waals surface area (Å²) in [5.74, 6) is 0.347. The van der Waals surface area contributed by atoms with Crippen LogP contribution < -0.4 is 5.32 Å². The minimum atomic E-state index is 0. The SMILES string of the molecule is CCCN(C(=O)CCCc1ccccc1)C1CCNCC1.Cl. The number of piperidine rings is 1. The maximum Gasteiger partial charge on any atom is 0.222 e. The van der Waals surface area contributed by atoms with Crippen molar-refractivity contribution in [1.82, 2.24) is 10.2 Å². The molecule has 1 aliphatic heterocycles. The van der Waals surface area contributed by atoms with E-state index in [1.165, 1.54) is 5.56 Å². The van der Waals surface area contributed by atoms with Gasteiger partial charge in [-0.15, -0.1) is 12.4 Å². The van der Waals surface area contributed by atoms with Gasteiger partial charge in [-0.3, -0.25) is 4.79 Å². The smallest absolute Gasteiger partial charge is 0.222 e. The summed E-state index contributed by atoms with van der Waals surface area (Å²) in [4.78, 5) is 14.7. The van der Waals surface area contributed by atoms with Crippen LogP contribution in [0.3, 0.4) is 0 Å². The molecule has 1 saturated heterocycles. The summed E-state index contributed by atoms with van der Waals surface area (Å²) < 4.78 is 0. The summed E-state index contributed by atoms with van der Waals surface area (Å²) in [7, 11) is 0. The molecule has 1 N–H and O–H groups in total. The molecular weight excluding hydrogens is 296 g/mol. The molecule has 22 heavy (non-hydrogen) atoms. The molecule has 0 bridgehead atoms. The number of amides is 1. The van der Waals surface area contributed by atoms with E-state index in [9.17, 15) is 4.79 Å². The lowest BCUT2D eigenvalue weighted by Crippen LogP contribution is -2.46. The lowest BCUT2D eigenvalue weighted by Gasteiger charge is -2.34. The average Bonchev–Trinajstić information content (AvgIpc) is 2.54. The molecule has 1 aliphatic rings. The standard InChI is InChI=1S/C18H28N2O.ClH/c1-2-15-20(17-11-13-19-14-12-17)18(21)10-6-9-16-7-4-3-5-8-16;/h3-5,7-8,17,19H,2,6,9-15H2,1H3;1H. The molecule has 0 unspecified atom stereocenters. The highest BCUT2D eigenvalue weighted by atomic mass is 35.5. The first-order valence-electron chi connectivity index (χ1n) is 8.35. The van der Waals surface area contributed by atoms with Crippen LogP contribution in [0.25, 0.3) is 0 Å². The molecule has 1 aromatic rings. The van der Waals surface area contributed by atoms with Crippen LogP contribution in [0.2, 0.25) is 0 Å². The van der Waals surface area contributed by atoms with Crippen molar-refractivity contribution < 1.29 is 4.79 Å². The Morgan fingerprint density at radius 2 is 1.91 bits per heavy atom. The molecule has 2 rings (SSSR count). The molecule has 0 saturated carbocycles. The van der Waals surface area contributed by atoms with E-state index in [0.29, 0.717) is 18.4 Å². The fraction of sp³-hybridized carbons (Fsp3) is 0.611. The third kappa shape index (κ3) is 5.98. The molecule has 0 spiro atoms. The van der Waals surface area contributed by atoms with Gasteiger partial charge in [0.2, 0.25) is 5.91 Å². The summed E-state index contributed by atoms with van der Waals surface area (Å²) in [5, 5.41) is 3.38. The van der Waals surface area contributed by atoms with Gasteiger partial charge in [-0.25, -0.2) is 0 Å². The third-order valence-corrected chi connectivity index (χ3v) is 4.23. The lowest BCUT2D eigenvalue weighted by atomic mass is 10.0. The van der Waals surface area contributed by atoms with E-state index < -0.39 is 0 Å². The quantitative estimate of drug-likeness (QED) is 0.833. The van der Waals surface area contributed by atoms with E-state index in [-0.39, 0.29) is 12.4 Å². The normalized spacial score (nSPS) is 15.1. The van der Waals surface area contributed by atoms with Crippen LogP contribution in [0.15, 0.2) is 30.3 Å². The molecular formula is C18H29ClN2O. The lowest BCUT2D eigenvalue weighted by molar-refractivity contribution is -0.134. The zero-order chi connectivity index (χ0) is 14.9. The number of hydrogen-bond donors (Lipinski definition) is 1. The van der Waals surface area contributed by atoms with Crippen molar-refractivity contribution in [3.05, 3.63) is 35.9 Å². The number of aryl methyl sites for hydroxylation is 1. The van der Waals surface area contributed by atoms with Gasteiger partial charge in [0.1, 0.15) is 0 Å². The van der Waals surface area contributed by atoms with Crippen molar-refractivity contribution >= 4 is 18.3 Å². The molecule has 1 amide bonds. The molecule has 3 nitrogen and oxygen atoms in total. The second-order valence-corrected chi connectivity index (χ2v) is 5.91. The average molecular weight is 325 g/mol. The Morgan fingerprint density at radius 3 is 2.55 bits per heavy atom. The van der Waals surface area contributed by atoms with Crippen LogP contribution in [0, 0.1) is 0 Å². The summed E-state index contributed by atoms with van der Waals surface area (Å²) in [5.41, 5.74) is 1.33. The number of carbonyl (C=O) groups is 1. The van der Waals surface area contributed by atoms with Crippen molar-refractivity contribution in [3.8, 4) is 0 Å². The summed E-state index contributed by atoms with van der Waals surface area (Å²) in [6.45, 7) is 5.16. The largest absolute Gasteiger partial charge is 0.340 e. The molecule has 1 heterocycles. The fourth-order valence-corrected chi connectivity index (χ4v) is 3.10. The van der Waals surface area contributed by atoms with Gasteiger partial charge in [-0.05, 0) is 50.8 Å². The highest BCUT2D eigenvalue weighted by Gasteiger charge is 2.23. The van der Waals surface area contributed by atoms with Gasteiger partial charge in [0.05, 0.1) is 0 Å². The van der Waals surface area contributed by atoms with E-state index in [2.05, 4.69) is 41.4 Å². The van der Waals surface area contributed by atoms with Crippen LogP contribution in [-0.2, 0) is 11.2 Å². The van der Waals surface area contributed by atoms with Gasteiger partial charge < -0.3 is 10.2 Å². The van der Waals surface area contributed by atoms with Crippen LogP contribution in [0.5, 0.6) is 0 Å². The van der Waals surface area contributed by atoms with E-state index in [1.807, 2.05) is 6.07 Å². The minimum absolute atomic E-state index is 0. The van der Waals surface area contributed by atoms with Gasteiger partial charge in [0.25, 0.3) is 0 Å². The third-order valence-electron chi connectivity index (χ3n) is 4.23. The number of hydrogen-bond acceptors (Lipinski definition) is 2. The zero-order valence-corrected chi connectivity index (χ0v) is 14.4. The van der Waals surface area contributed by atoms with Crippen LogP contribution in [0.1, 0.15) is 44.6 Å². The monoisotopic (exact) mass is 324 g/mol. The van der Waals surface area contributed by atoms with Gasteiger partial charge in [0.15, 0.2) is 0 Å². The van der Waals surface area contributed by atoms with Gasteiger partial charge in [-0.2, -0.15) is 0 Å². The second-order valence-electron chi connectivity index (χ2n) is 5.91. The summed E-state index contributed by atoms with van der Waals surface area (Å²) in [6.07, 6.45) is 5.88. The molecule has 0 aromatic heterocycles. The van der Waals surface area contributed by atoms with Gasteiger partial charge >= 0.3 is 0 Å². The molecule has 0 radical (unpaired) electrons.